The highest BCUT2D eigenvalue weighted by Gasteiger charge is 2.28. The fourth-order valence-corrected chi connectivity index (χ4v) is 3.58. The Morgan fingerprint density at radius 1 is 1.44 bits per heavy atom. The standard InChI is InChI=1S/C19H22ClN5O2/c1-24(16-3-2-8-25(12-16)18(26)6-7-21)19(27)22-11-15-10-13-9-14(20)4-5-17(13)23-15/h4-5,9-10,16,23H,2-3,6,8,11-12H2,1H3,(H,22,27)/t16-/m1/s1. The number of urea groups is 1. The van der Waals surface area contributed by atoms with Gasteiger partial charge in [-0.05, 0) is 37.1 Å². The number of rotatable bonds is 4. The predicted octanol–water partition coefficient (Wildman–Crippen LogP) is 2.87. The van der Waals surface area contributed by atoms with Crippen LogP contribution in [0.4, 0.5) is 4.79 Å². The van der Waals surface area contributed by atoms with Gasteiger partial charge in [-0.15, -0.1) is 0 Å². The Labute approximate surface area is 162 Å². The molecule has 1 fully saturated rings. The smallest absolute Gasteiger partial charge is 0.317 e. The summed E-state index contributed by atoms with van der Waals surface area (Å²) in [7, 11) is 1.74. The Morgan fingerprint density at radius 3 is 3.04 bits per heavy atom. The summed E-state index contributed by atoms with van der Waals surface area (Å²) in [5.41, 5.74) is 1.86. The molecule has 0 spiro atoms. The second-order valence-corrected chi connectivity index (χ2v) is 7.20. The molecule has 1 saturated heterocycles. The zero-order chi connectivity index (χ0) is 19.4. The molecular weight excluding hydrogens is 366 g/mol. The van der Waals surface area contributed by atoms with Crippen LogP contribution in [-0.2, 0) is 11.3 Å². The quantitative estimate of drug-likeness (QED) is 0.844. The van der Waals surface area contributed by atoms with Gasteiger partial charge in [-0.1, -0.05) is 11.6 Å². The number of nitriles is 1. The summed E-state index contributed by atoms with van der Waals surface area (Å²) in [5.74, 6) is -0.173. The maximum atomic E-state index is 12.5. The van der Waals surface area contributed by atoms with Crippen LogP contribution in [0.2, 0.25) is 5.02 Å². The highest BCUT2D eigenvalue weighted by atomic mass is 35.5. The first-order valence-electron chi connectivity index (χ1n) is 8.90. The highest BCUT2D eigenvalue weighted by molar-refractivity contribution is 6.31. The van der Waals surface area contributed by atoms with Gasteiger partial charge in [0.1, 0.15) is 6.42 Å². The third kappa shape index (κ3) is 4.52. The van der Waals surface area contributed by atoms with E-state index >= 15 is 0 Å². The van der Waals surface area contributed by atoms with Gasteiger partial charge in [0.15, 0.2) is 0 Å². The number of amides is 3. The lowest BCUT2D eigenvalue weighted by atomic mass is 10.0. The molecule has 1 aromatic carbocycles. The van der Waals surface area contributed by atoms with E-state index in [1.54, 1.807) is 16.8 Å². The van der Waals surface area contributed by atoms with Gasteiger partial charge in [0, 0.05) is 41.8 Å². The third-order valence-corrected chi connectivity index (χ3v) is 5.15. The minimum Gasteiger partial charge on any atom is -0.357 e. The van der Waals surface area contributed by atoms with E-state index < -0.39 is 0 Å². The molecule has 2 heterocycles. The number of carbonyl (C=O) groups is 2. The number of fused-ring (bicyclic) bond motifs is 1. The zero-order valence-corrected chi connectivity index (χ0v) is 15.9. The lowest BCUT2D eigenvalue weighted by Crippen LogP contribution is -2.52. The number of benzene rings is 1. The normalized spacial score (nSPS) is 16.8. The van der Waals surface area contributed by atoms with Crippen molar-refractivity contribution in [1.82, 2.24) is 20.1 Å². The number of H-pyrrole nitrogens is 1. The monoisotopic (exact) mass is 387 g/mol. The van der Waals surface area contributed by atoms with Crippen molar-refractivity contribution in [2.24, 2.45) is 0 Å². The van der Waals surface area contributed by atoms with E-state index in [1.807, 2.05) is 30.3 Å². The van der Waals surface area contributed by atoms with E-state index in [-0.39, 0.29) is 24.4 Å². The van der Waals surface area contributed by atoms with Gasteiger partial charge < -0.3 is 20.1 Å². The molecule has 1 aromatic heterocycles. The number of carbonyl (C=O) groups excluding carboxylic acids is 2. The second-order valence-electron chi connectivity index (χ2n) is 6.77. The number of likely N-dealkylation sites (tertiary alicyclic amines) is 1. The fourth-order valence-electron chi connectivity index (χ4n) is 3.40. The van der Waals surface area contributed by atoms with Crippen LogP contribution >= 0.6 is 11.6 Å². The Morgan fingerprint density at radius 2 is 2.26 bits per heavy atom. The Kier molecular flexibility index (Phi) is 5.87. The lowest BCUT2D eigenvalue weighted by Gasteiger charge is -2.37. The van der Waals surface area contributed by atoms with Crippen molar-refractivity contribution in [2.75, 3.05) is 20.1 Å². The van der Waals surface area contributed by atoms with Crippen LogP contribution in [-0.4, -0.2) is 52.9 Å². The summed E-state index contributed by atoms with van der Waals surface area (Å²) in [6.07, 6.45) is 1.54. The number of aromatic amines is 1. The summed E-state index contributed by atoms with van der Waals surface area (Å²) < 4.78 is 0. The van der Waals surface area contributed by atoms with E-state index in [0.717, 1.165) is 29.4 Å². The van der Waals surface area contributed by atoms with Gasteiger partial charge in [0.25, 0.3) is 0 Å². The van der Waals surface area contributed by atoms with Crippen molar-refractivity contribution in [1.29, 1.82) is 5.26 Å². The first-order valence-corrected chi connectivity index (χ1v) is 9.28. The Bertz CT molecular complexity index is 888. The molecule has 0 unspecified atom stereocenters. The molecule has 0 bridgehead atoms. The lowest BCUT2D eigenvalue weighted by molar-refractivity contribution is -0.131. The van der Waals surface area contributed by atoms with Crippen molar-refractivity contribution >= 4 is 34.4 Å². The summed E-state index contributed by atoms with van der Waals surface area (Å²) in [5, 5.41) is 13.3. The van der Waals surface area contributed by atoms with Crippen molar-refractivity contribution < 1.29 is 9.59 Å². The van der Waals surface area contributed by atoms with Crippen molar-refractivity contribution in [3.05, 3.63) is 35.0 Å². The molecule has 7 nitrogen and oxygen atoms in total. The van der Waals surface area contributed by atoms with Gasteiger partial charge in [0.2, 0.25) is 5.91 Å². The predicted molar refractivity (Wildman–Crippen MR) is 103 cm³/mol. The number of nitrogens with one attached hydrogen (secondary N) is 2. The topological polar surface area (TPSA) is 92.2 Å². The number of nitrogens with zero attached hydrogens (tertiary/aromatic N) is 3. The molecule has 1 atom stereocenters. The molecule has 1 aliphatic heterocycles. The third-order valence-electron chi connectivity index (χ3n) is 4.92. The van der Waals surface area contributed by atoms with Crippen LogP contribution in [0.3, 0.4) is 0 Å². The molecule has 2 aromatic rings. The second kappa shape index (κ2) is 8.31. The zero-order valence-electron chi connectivity index (χ0n) is 15.2. The first-order chi connectivity index (χ1) is 13.0. The molecule has 27 heavy (non-hydrogen) atoms. The van der Waals surface area contributed by atoms with E-state index in [4.69, 9.17) is 16.9 Å². The molecular formula is C19H22ClN5O2. The SMILES string of the molecule is CN(C(=O)NCc1cc2cc(Cl)ccc2[nH]1)[C@@H]1CCCN(C(=O)CC#N)C1. The number of piperidine rings is 1. The molecule has 0 radical (unpaired) electrons. The average molecular weight is 388 g/mol. The molecule has 0 saturated carbocycles. The van der Waals surface area contributed by atoms with E-state index in [1.165, 1.54) is 0 Å². The van der Waals surface area contributed by atoms with E-state index in [0.29, 0.717) is 24.7 Å². The van der Waals surface area contributed by atoms with Gasteiger partial charge in [0.05, 0.1) is 18.7 Å². The molecule has 3 amide bonds. The van der Waals surface area contributed by atoms with Gasteiger partial charge >= 0.3 is 6.03 Å². The van der Waals surface area contributed by atoms with Crippen LogP contribution in [0.5, 0.6) is 0 Å². The molecule has 3 rings (SSSR count). The van der Waals surface area contributed by atoms with Crippen molar-refractivity contribution in [2.45, 2.75) is 31.8 Å². The van der Waals surface area contributed by atoms with Crippen LogP contribution in [0.25, 0.3) is 10.9 Å². The highest BCUT2D eigenvalue weighted by Crippen LogP contribution is 2.20. The van der Waals surface area contributed by atoms with Gasteiger partial charge in [-0.25, -0.2) is 4.79 Å². The fraction of sp³-hybridized carbons (Fsp3) is 0.421. The summed E-state index contributed by atoms with van der Waals surface area (Å²) in [4.78, 5) is 31.0. The van der Waals surface area contributed by atoms with Gasteiger partial charge in [-0.3, -0.25) is 4.79 Å². The van der Waals surface area contributed by atoms with Crippen LogP contribution in [0.1, 0.15) is 25.0 Å². The minimum atomic E-state index is -0.189. The molecule has 1 aliphatic rings. The maximum Gasteiger partial charge on any atom is 0.317 e. The van der Waals surface area contributed by atoms with Crippen LogP contribution in [0.15, 0.2) is 24.3 Å². The molecule has 0 aliphatic carbocycles. The number of hydrogen-bond acceptors (Lipinski definition) is 3. The van der Waals surface area contributed by atoms with Crippen molar-refractivity contribution in [3.63, 3.8) is 0 Å². The molecule has 8 heteroatoms. The van der Waals surface area contributed by atoms with Gasteiger partial charge in [-0.2, -0.15) is 5.26 Å². The molecule has 2 N–H and O–H groups in total. The maximum absolute atomic E-state index is 12.5. The largest absolute Gasteiger partial charge is 0.357 e. The first kappa shape index (κ1) is 19.1. The Hall–Kier alpha value is -2.72. The number of hydrogen-bond donors (Lipinski definition) is 2. The average Bonchev–Trinajstić information content (AvgIpc) is 3.07. The number of halogens is 1. The summed E-state index contributed by atoms with van der Waals surface area (Å²) >= 11 is 6.00. The number of aromatic nitrogens is 1. The summed E-state index contributed by atoms with van der Waals surface area (Å²) in [6, 6.07) is 9.21. The molecule has 142 valence electrons. The van der Waals surface area contributed by atoms with Crippen LogP contribution in [0, 0.1) is 11.3 Å². The van der Waals surface area contributed by atoms with Crippen molar-refractivity contribution in [3.8, 4) is 6.07 Å². The van der Waals surface area contributed by atoms with E-state index in [9.17, 15) is 9.59 Å². The number of likely N-dealkylation sites (N-methyl/N-ethyl adjacent to an activating group) is 1. The summed E-state index contributed by atoms with van der Waals surface area (Å²) in [6.45, 7) is 1.48. The van der Waals surface area contributed by atoms with Crippen LogP contribution < -0.4 is 5.32 Å². The Balaban J connectivity index is 1.56. The van der Waals surface area contributed by atoms with E-state index in [2.05, 4.69) is 10.3 Å². The minimum absolute atomic E-state index is 0.0529.